The second kappa shape index (κ2) is 5.80. The quantitative estimate of drug-likeness (QED) is 0.902. The zero-order chi connectivity index (χ0) is 13.1. The third-order valence-corrected chi connectivity index (χ3v) is 4.01. The molecule has 3 rings (SSSR count). The van der Waals surface area contributed by atoms with Crippen LogP contribution >= 0.6 is 0 Å². The molecule has 0 bridgehead atoms. The second-order valence-corrected chi connectivity index (χ2v) is 5.22. The van der Waals surface area contributed by atoms with Crippen molar-refractivity contribution in [2.24, 2.45) is 5.73 Å². The van der Waals surface area contributed by atoms with Crippen molar-refractivity contribution in [2.75, 3.05) is 31.2 Å². The minimum Gasteiger partial charge on any atom is -0.491 e. The number of anilines is 1. The molecular formula is C15H22N2O2. The number of nitrogens with two attached hydrogens (primary N) is 1. The van der Waals surface area contributed by atoms with Gasteiger partial charge in [-0.25, -0.2) is 0 Å². The highest BCUT2D eigenvalue weighted by atomic mass is 16.5. The Morgan fingerprint density at radius 1 is 1.26 bits per heavy atom. The number of fused-ring (bicyclic) bond motifs is 1. The maximum absolute atomic E-state index is 6.03. The molecule has 2 aliphatic heterocycles. The molecular weight excluding hydrogens is 240 g/mol. The van der Waals surface area contributed by atoms with Crippen molar-refractivity contribution in [3.05, 3.63) is 24.3 Å². The molecule has 104 valence electrons. The fourth-order valence-corrected chi connectivity index (χ4v) is 3.08. The van der Waals surface area contributed by atoms with Crippen LogP contribution in [0.25, 0.3) is 0 Å². The molecule has 0 aliphatic carbocycles. The average molecular weight is 262 g/mol. The van der Waals surface area contributed by atoms with Crippen LogP contribution < -0.4 is 15.4 Å². The maximum Gasteiger partial charge on any atom is 0.142 e. The summed E-state index contributed by atoms with van der Waals surface area (Å²) >= 11 is 0. The zero-order valence-corrected chi connectivity index (χ0v) is 11.3. The summed E-state index contributed by atoms with van der Waals surface area (Å²) in [6, 6.07) is 8.50. The van der Waals surface area contributed by atoms with Crippen LogP contribution in [0.3, 0.4) is 0 Å². The van der Waals surface area contributed by atoms with E-state index in [4.69, 9.17) is 15.2 Å². The van der Waals surface area contributed by atoms with Crippen molar-refractivity contribution in [1.82, 2.24) is 0 Å². The van der Waals surface area contributed by atoms with Crippen molar-refractivity contribution in [1.29, 1.82) is 0 Å². The van der Waals surface area contributed by atoms with E-state index in [0.717, 1.165) is 50.5 Å². The Bertz CT molecular complexity index is 418. The first-order valence-electron chi connectivity index (χ1n) is 7.20. The number of benzene rings is 1. The van der Waals surface area contributed by atoms with E-state index in [9.17, 15) is 0 Å². The fourth-order valence-electron chi connectivity index (χ4n) is 3.08. The summed E-state index contributed by atoms with van der Waals surface area (Å²) in [5, 5.41) is 0. The van der Waals surface area contributed by atoms with Gasteiger partial charge in [0.15, 0.2) is 0 Å². The molecule has 2 atom stereocenters. The maximum atomic E-state index is 6.03. The van der Waals surface area contributed by atoms with Crippen molar-refractivity contribution in [3.8, 4) is 5.75 Å². The molecule has 4 nitrogen and oxygen atoms in total. The molecule has 0 spiro atoms. The number of nitrogens with zero attached hydrogens (tertiary/aromatic N) is 1. The number of hydrogen-bond acceptors (Lipinski definition) is 4. The van der Waals surface area contributed by atoms with Gasteiger partial charge in [-0.1, -0.05) is 12.1 Å². The normalized spacial score (nSPS) is 24.5. The van der Waals surface area contributed by atoms with E-state index >= 15 is 0 Å². The van der Waals surface area contributed by atoms with Gasteiger partial charge in [-0.2, -0.15) is 0 Å². The molecule has 2 aliphatic rings. The Kier molecular flexibility index (Phi) is 3.89. The molecule has 1 aromatic carbocycles. The Morgan fingerprint density at radius 3 is 2.95 bits per heavy atom. The van der Waals surface area contributed by atoms with Gasteiger partial charge >= 0.3 is 0 Å². The van der Waals surface area contributed by atoms with Crippen molar-refractivity contribution < 1.29 is 9.47 Å². The summed E-state index contributed by atoms with van der Waals surface area (Å²) < 4.78 is 11.7. The molecule has 1 fully saturated rings. The minimum atomic E-state index is 0.255. The Hall–Kier alpha value is -1.26. The molecule has 0 radical (unpaired) electrons. The molecule has 0 amide bonds. The molecule has 0 saturated carbocycles. The number of rotatable bonds is 3. The third-order valence-electron chi connectivity index (χ3n) is 4.01. The van der Waals surface area contributed by atoms with Crippen LogP contribution in [0.5, 0.6) is 5.75 Å². The summed E-state index contributed by atoms with van der Waals surface area (Å²) in [7, 11) is 0. The lowest BCUT2D eigenvalue weighted by atomic mass is 10.0. The van der Waals surface area contributed by atoms with Gasteiger partial charge in [0.2, 0.25) is 0 Å². The lowest BCUT2D eigenvalue weighted by Crippen LogP contribution is -2.48. The predicted octanol–water partition coefficient (Wildman–Crippen LogP) is 1.78. The van der Waals surface area contributed by atoms with E-state index in [-0.39, 0.29) is 12.1 Å². The largest absolute Gasteiger partial charge is 0.491 e. The first-order chi connectivity index (χ1) is 9.40. The highest BCUT2D eigenvalue weighted by Crippen LogP contribution is 2.33. The third kappa shape index (κ3) is 2.55. The Balaban J connectivity index is 1.89. The second-order valence-electron chi connectivity index (χ2n) is 5.22. The van der Waals surface area contributed by atoms with Crippen molar-refractivity contribution in [3.63, 3.8) is 0 Å². The van der Waals surface area contributed by atoms with Crippen molar-refractivity contribution in [2.45, 2.75) is 31.4 Å². The highest BCUT2D eigenvalue weighted by molar-refractivity contribution is 5.60. The Morgan fingerprint density at radius 2 is 2.16 bits per heavy atom. The van der Waals surface area contributed by atoms with Crippen molar-refractivity contribution >= 4 is 5.69 Å². The van der Waals surface area contributed by atoms with Gasteiger partial charge in [-0.15, -0.1) is 0 Å². The van der Waals surface area contributed by atoms with E-state index in [2.05, 4.69) is 17.0 Å². The average Bonchev–Trinajstić information content (AvgIpc) is 2.88. The van der Waals surface area contributed by atoms with Crippen LogP contribution in [0.4, 0.5) is 5.69 Å². The van der Waals surface area contributed by atoms with Crippen LogP contribution in [0.2, 0.25) is 0 Å². The lowest BCUT2D eigenvalue weighted by molar-refractivity contribution is 0.0893. The molecule has 19 heavy (non-hydrogen) atoms. The molecule has 2 N–H and O–H groups in total. The lowest BCUT2D eigenvalue weighted by Gasteiger charge is -2.35. The summed E-state index contributed by atoms with van der Waals surface area (Å²) in [6.07, 6.45) is 3.54. The van der Waals surface area contributed by atoms with Gasteiger partial charge in [-0.3, -0.25) is 0 Å². The molecule has 4 heteroatoms. The predicted molar refractivity (Wildman–Crippen MR) is 75.7 cm³/mol. The molecule has 1 saturated heterocycles. The van der Waals surface area contributed by atoms with Gasteiger partial charge < -0.3 is 20.1 Å². The number of ether oxygens (including phenoxy) is 2. The van der Waals surface area contributed by atoms with Crippen LogP contribution in [-0.2, 0) is 4.74 Å². The van der Waals surface area contributed by atoms with E-state index in [1.54, 1.807) is 0 Å². The first kappa shape index (κ1) is 12.8. The zero-order valence-electron chi connectivity index (χ0n) is 11.3. The molecule has 2 unspecified atom stereocenters. The Labute approximate surface area is 114 Å². The summed E-state index contributed by atoms with van der Waals surface area (Å²) in [5.74, 6) is 0.969. The van der Waals surface area contributed by atoms with Gasteiger partial charge in [-0.05, 0) is 31.4 Å². The van der Waals surface area contributed by atoms with Gasteiger partial charge in [0, 0.05) is 19.7 Å². The topological polar surface area (TPSA) is 47.7 Å². The molecule has 2 heterocycles. The standard InChI is InChI=1S/C15H22N2O2/c16-11-13(15-7-3-9-18-15)17-8-4-10-19-14-6-2-1-5-12(14)17/h1-2,5-6,13,15H,3-4,7-11,16H2. The van der Waals surface area contributed by atoms with E-state index in [1.807, 2.05) is 12.1 Å². The fraction of sp³-hybridized carbons (Fsp3) is 0.600. The minimum absolute atomic E-state index is 0.255. The van der Waals surface area contributed by atoms with Crippen LogP contribution in [-0.4, -0.2) is 38.4 Å². The first-order valence-corrected chi connectivity index (χ1v) is 7.20. The van der Waals surface area contributed by atoms with Crippen LogP contribution in [0, 0.1) is 0 Å². The number of hydrogen-bond donors (Lipinski definition) is 1. The highest BCUT2D eigenvalue weighted by Gasteiger charge is 2.31. The van der Waals surface area contributed by atoms with E-state index in [1.165, 1.54) is 0 Å². The summed E-state index contributed by atoms with van der Waals surface area (Å²) in [4.78, 5) is 2.39. The molecule has 1 aromatic rings. The van der Waals surface area contributed by atoms with Gasteiger partial charge in [0.1, 0.15) is 5.75 Å². The molecule has 0 aromatic heterocycles. The summed E-state index contributed by atoms with van der Waals surface area (Å²) in [6.45, 7) is 3.25. The van der Waals surface area contributed by atoms with E-state index in [0.29, 0.717) is 6.54 Å². The SMILES string of the molecule is NCC(C1CCCO1)N1CCCOc2ccccc21. The summed E-state index contributed by atoms with van der Waals surface area (Å²) in [5.41, 5.74) is 7.19. The van der Waals surface area contributed by atoms with Crippen LogP contribution in [0.15, 0.2) is 24.3 Å². The van der Waals surface area contributed by atoms with Gasteiger partial charge in [0.05, 0.1) is 24.4 Å². The van der Waals surface area contributed by atoms with Crippen LogP contribution in [0.1, 0.15) is 19.3 Å². The monoisotopic (exact) mass is 262 g/mol. The van der Waals surface area contributed by atoms with Gasteiger partial charge in [0.25, 0.3) is 0 Å². The number of para-hydroxylation sites is 2. The smallest absolute Gasteiger partial charge is 0.142 e. The van der Waals surface area contributed by atoms with E-state index < -0.39 is 0 Å².